The number of carbonyl (C=O) groups is 1. The van der Waals surface area contributed by atoms with Gasteiger partial charge < -0.3 is 15.2 Å². The summed E-state index contributed by atoms with van der Waals surface area (Å²) in [6.45, 7) is 4.98. The van der Waals surface area contributed by atoms with Crippen LogP contribution in [0.5, 0.6) is 5.75 Å². The van der Waals surface area contributed by atoms with E-state index in [1.165, 1.54) is 6.92 Å². The zero-order valence-corrected chi connectivity index (χ0v) is 11.3. The second-order valence-corrected chi connectivity index (χ2v) is 5.45. The average molecular weight is 270 g/mol. The van der Waals surface area contributed by atoms with Crippen molar-refractivity contribution < 1.29 is 14.6 Å². The van der Waals surface area contributed by atoms with Gasteiger partial charge in [0.05, 0.1) is 6.04 Å². The third kappa shape index (κ3) is 2.31. The van der Waals surface area contributed by atoms with Gasteiger partial charge in [0.1, 0.15) is 17.5 Å². The smallest absolute Gasteiger partial charge is 0.217 e. The molecule has 1 heterocycles. The molecule has 2 N–H and O–H groups in total. The maximum Gasteiger partial charge on any atom is 0.217 e. The third-order valence-electron chi connectivity index (χ3n) is 3.07. The molecule has 2 atom stereocenters. The van der Waals surface area contributed by atoms with Gasteiger partial charge in [0.25, 0.3) is 0 Å². The average Bonchev–Trinajstić information content (AvgIpc) is 2.25. The van der Waals surface area contributed by atoms with E-state index < -0.39 is 17.7 Å². The lowest BCUT2D eigenvalue weighted by atomic mass is 9.86. The van der Waals surface area contributed by atoms with Crippen LogP contribution in [0.1, 0.15) is 32.4 Å². The highest BCUT2D eigenvalue weighted by molar-refractivity contribution is 6.30. The SMILES string of the molecule is CC(=O)NC1c2cc(Cl)ccc2OC(C)(C)[C@H]1O. The van der Waals surface area contributed by atoms with Crippen molar-refractivity contribution in [3.63, 3.8) is 0 Å². The molecule has 0 radical (unpaired) electrons. The van der Waals surface area contributed by atoms with Gasteiger partial charge in [0.2, 0.25) is 5.91 Å². The van der Waals surface area contributed by atoms with Crippen LogP contribution in [0.15, 0.2) is 18.2 Å². The minimum atomic E-state index is -0.840. The molecule has 2 rings (SSSR count). The highest BCUT2D eigenvalue weighted by atomic mass is 35.5. The normalized spacial score (nSPS) is 24.9. The van der Waals surface area contributed by atoms with E-state index in [0.717, 1.165) is 0 Å². The number of rotatable bonds is 1. The zero-order valence-electron chi connectivity index (χ0n) is 10.5. The van der Waals surface area contributed by atoms with Gasteiger partial charge >= 0.3 is 0 Å². The minimum absolute atomic E-state index is 0.206. The van der Waals surface area contributed by atoms with Crippen LogP contribution in [0.25, 0.3) is 0 Å². The summed E-state index contributed by atoms with van der Waals surface area (Å²) in [4.78, 5) is 11.3. The van der Waals surface area contributed by atoms with Gasteiger partial charge in [-0.15, -0.1) is 0 Å². The quantitative estimate of drug-likeness (QED) is 0.820. The predicted molar refractivity (Wildman–Crippen MR) is 68.7 cm³/mol. The molecule has 18 heavy (non-hydrogen) atoms. The summed E-state index contributed by atoms with van der Waals surface area (Å²) < 4.78 is 5.74. The summed E-state index contributed by atoms with van der Waals surface area (Å²) >= 11 is 5.95. The molecule has 1 aliphatic rings. The highest BCUT2D eigenvalue weighted by Gasteiger charge is 2.43. The lowest BCUT2D eigenvalue weighted by Crippen LogP contribution is -2.53. The van der Waals surface area contributed by atoms with Crippen LogP contribution >= 0.6 is 11.6 Å². The van der Waals surface area contributed by atoms with Crippen molar-refractivity contribution in [2.75, 3.05) is 0 Å². The fraction of sp³-hybridized carbons (Fsp3) is 0.462. The molecule has 1 aromatic rings. The summed E-state index contributed by atoms with van der Waals surface area (Å²) in [6, 6.07) is 4.66. The Morgan fingerprint density at radius 3 is 2.78 bits per heavy atom. The van der Waals surface area contributed by atoms with Gasteiger partial charge in [-0.3, -0.25) is 4.79 Å². The van der Waals surface area contributed by atoms with E-state index in [4.69, 9.17) is 16.3 Å². The first kappa shape index (κ1) is 13.2. The number of carbonyl (C=O) groups excluding carboxylic acids is 1. The number of amides is 1. The van der Waals surface area contributed by atoms with Crippen LogP contribution in [0.2, 0.25) is 5.02 Å². The molecule has 1 aromatic carbocycles. The Kier molecular flexibility index (Phi) is 3.25. The lowest BCUT2D eigenvalue weighted by Gasteiger charge is -2.42. The van der Waals surface area contributed by atoms with Gasteiger partial charge in [0.15, 0.2) is 0 Å². The Hall–Kier alpha value is -1.26. The van der Waals surface area contributed by atoms with Crippen molar-refractivity contribution in [2.45, 2.75) is 38.5 Å². The number of benzene rings is 1. The van der Waals surface area contributed by atoms with Crippen LogP contribution in [0, 0.1) is 0 Å². The van der Waals surface area contributed by atoms with Gasteiger partial charge in [-0.05, 0) is 32.0 Å². The first-order valence-corrected chi connectivity index (χ1v) is 6.12. The van der Waals surface area contributed by atoms with Crippen LogP contribution in [0.3, 0.4) is 0 Å². The molecule has 5 heteroatoms. The molecule has 0 aliphatic carbocycles. The van der Waals surface area contributed by atoms with Gasteiger partial charge in [-0.2, -0.15) is 0 Å². The number of fused-ring (bicyclic) bond motifs is 1. The lowest BCUT2D eigenvalue weighted by molar-refractivity contribution is -0.123. The van der Waals surface area contributed by atoms with Crippen LogP contribution < -0.4 is 10.1 Å². The molecule has 4 nitrogen and oxygen atoms in total. The summed E-state index contributed by atoms with van der Waals surface area (Å²) in [5.41, 5.74) is -0.0713. The molecule has 0 aromatic heterocycles. The molecule has 1 unspecified atom stereocenters. The number of nitrogens with one attached hydrogen (secondary N) is 1. The molecule has 1 amide bonds. The molecule has 98 valence electrons. The van der Waals surface area contributed by atoms with E-state index in [1.807, 2.05) is 0 Å². The number of hydrogen-bond donors (Lipinski definition) is 2. The van der Waals surface area contributed by atoms with E-state index in [1.54, 1.807) is 32.0 Å². The third-order valence-corrected chi connectivity index (χ3v) is 3.30. The van der Waals surface area contributed by atoms with E-state index in [0.29, 0.717) is 16.3 Å². The van der Waals surface area contributed by atoms with E-state index in [-0.39, 0.29) is 5.91 Å². The fourth-order valence-electron chi connectivity index (χ4n) is 2.15. The van der Waals surface area contributed by atoms with Crippen molar-refractivity contribution >= 4 is 17.5 Å². The van der Waals surface area contributed by atoms with E-state index in [2.05, 4.69) is 5.32 Å². The molecule has 0 bridgehead atoms. The molecular weight excluding hydrogens is 254 g/mol. The number of ether oxygens (including phenoxy) is 1. The topological polar surface area (TPSA) is 58.6 Å². The van der Waals surface area contributed by atoms with Crippen molar-refractivity contribution in [2.24, 2.45) is 0 Å². The van der Waals surface area contributed by atoms with E-state index in [9.17, 15) is 9.90 Å². The zero-order chi connectivity index (χ0) is 13.5. The summed E-state index contributed by atoms with van der Waals surface area (Å²) in [6.07, 6.45) is -0.840. The van der Waals surface area contributed by atoms with Crippen LogP contribution in [-0.4, -0.2) is 22.7 Å². The molecule has 0 saturated heterocycles. The number of aliphatic hydroxyl groups is 1. The van der Waals surface area contributed by atoms with Crippen molar-refractivity contribution in [3.8, 4) is 5.75 Å². The molecular formula is C13H16ClNO3. The van der Waals surface area contributed by atoms with Crippen molar-refractivity contribution in [1.82, 2.24) is 5.32 Å². The van der Waals surface area contributed by atoms with Crippen molar-refractivity contribution in [3.05, 3.63) is 28.8 Å². The summed E-state index contributed by atoms with van der Waals surface area (Å²) in [5.74, 6) is 0.427. The molecule has 0 spiro atoms. The Morgan fingerprint density at radius 1 is 1.50 bits per heavy atom. The second kappa shape index (κ2) is 4.44. The maximum atomic E-state index is 11.3. The highest BCUT2D eigenvalue weighted by Crippen LogP contribution is 2.40. The molecule has 0 saturated carbocycles. The maximum absolute atomic E-state index is 11.3. The Morgan fingerprint density at radius 2 is 2.17 bits per heavy atom. The van der Waals surface area contributed by atoms with E-state index >= 15 is 0 Å². The summed E-state index contributed by atoms with van der Waals surface area (Å²) in [7, 11) is 0. The Bertz CT molecular complexity index is 487. The van der Waals surface area contributed by atoms with Gasteiger partial charge in [-0.25, -0.2) is 0 Å². The summed E-state index contributed by atoms with van der Waals surface area (Å²) in [5, 5.41) is 13.6. The fourth-order valence-corrected chi connectivity index (χ4v) is 2.33. The number of halogens is 1. The molecule has 1 aliphatic heterocycles. The van der Waals surface area contributed by atoms with Gasteiger partial charge in [-0.1, -0.05) is 11.6 Å². The number of aliphatic hydroxyl groups excluding tert-OH is 1. The van der Waals surface area contributed by atoms with Crippen molar-refractivity contribution in [1.29, 1.82) is 0 Å². The first-order valence-electron chi connectivity index (χ1n) is 5.75. The Balaban J connectivity index is 2.49. The Labute approximate surface area is 111 Å². The predicted octanol–water partition coefficient (Wildman–Crippen LogP) is 2.05. The largest absolute Gasteiger partial charge is 0.485 e. The minimum Gasteiger partial charge on any atom is -0.485 e. The first-order chi connectivity index (χ1) is 8.31. The second-order valence-electron chi connectivity index (χ2n) is 5.01. The monoisotopic (exact) mass is 269 g/mol. The molecule has 0 fully saturated rings. The van der Waals surface area contributed by atoms with Crippen LogP contribution in [-0.2, 0) is 4.79 Å². The standard InChI is InChI=1S/C13H16ClNO3/c1-7(16)15-11-9-6-8(14)4-5-10(9)18-13(2,3)12(11)17/h4-6,11-12,17H,1-3H3,(H,15,16)/t11?,12-/m0/s1. The van der Waals surface area contributed by atoms with Crippen LogP contribution in [0.4, 0.5) is 0 Å². The number of hydrogen-bond acceptors (Lipinski definition) is 3. The van der Waals surface area contributed by atoms with Gasteiger partial charge in [0, 0.05) is 17.5 Å².